The summed E-state index contributed by atoms with van der Waals surface area (Å²) in [7, 11) is 0. The van der Waals surface area contributed by atoms with Gasteiger partial charge in [0.05, 0.1) is 0 Å². The van der Waals surface area contributed by atoms with Crippen molar-refractivity contribution in [2.75, 3.05) is 10.6 Å². The molecule has 0 spiro atoms. The van der Waals surface area contributed by atoms with Crippen molar-refractivity contribution in [2.24, 2.45) is 0 Å². The van der Waals surface area contributed by atoms with Crippen LogP contribution < -0.4 is 15.4 Å². The molecule has 0 bridgehead atoms. The van der Waals surface area contributed by atoms with Crippen LogP contribution in [0.15, 0.2) is 72.8 Å². The van der Waals surface area contributed by atoms with Gasteiger partial charge < -0.3 is 15.4 Å². The second-order valence-corrected chi connectivity index (χ2v) is 6.57. The molecule has 0 aliphatic rings. The van der Waals surface area contributed by atoms with E-state index in [4.69, 9.17) is 16.3 Å². The highest BCUT2D eigenvalue weighted by Gasteiger charge is 2.06. The van der Waals surface area contributed by atoms with E-state index >= 15 is 0 Å². The van der Waals surface area contributed by atoms with Crippen LogP contribution in [0.2, 0.25) is 5.02 Å². The minimum atomic E-state index is -0.0881. The summed E-state index contributed by atoms with van der Waals surface area (Å²) in [6.07, 6.45) is 0. The summed E-state index contributed by atoms with van der Waals surface area (Å²) >= 11 is 6.16. The molecule has 3 rings (SSSR count). The Morgan fingerprint density at radius 2 is 1.67 bits per heavy atom. The highest BCUT2D eigenvalue weighted by atomic mass is 35.5. The average Bonchev–Trinajstić information content (AvgIpc) is 2.67. The minimum absolute atomic E-state index is 0.0881. The number of anilines is 2. The number of carbonyl (C=O) groups is 1. The van der Waals surface area contributed by atoms with E-state index in [1.54, 1.807) is 0 Å². The number of amides is 1. The molecule has 0 aromatic heterocycles. The van der Waals surface area contributed by atoms with Gasteiger partial charge in [-0.3, -0.25) is 4.79 Å². The summed E-state index contributed by atoms with van der Waals surface area (Å²) in [4.78, 5) is 11.1. The predicted octanol–water partition coefficient (Wildman–Crippen LogP) is 5.49. The lowest BCUT2D eigenvalue weighted by Crippen LogP contribution is -2.06. The maximum absolute atomic E-state index is 11.1. The van der Waals surface area contributed by atoms with Gasteiger partial charge in [0.2, 0.25) is 5.91 Å². The third-order valence-electron chi connectivity index (χ3n) is 3.95. The van der Waals surface area contributed by atoms with Crippen molar-refractivity contribution in [2.45, 2.75) is 20.1 Å². The van der Waals surface area contributed by atoms with Crippen molar-refractivity contribution in [3.05, 3.63) is 88.9 Å². The number of benzene rings is 3. The van der Waals surface area contributed by atoms with Gasteiger partial charge in [-0.05, 0) is 48.0 Å². The molecule has 0 unspecified atom stereocenters. The zero-order valence-corrected chi connectivity index (χ0v) is 15.8. The second kappa shape index (κ2) is 9.10. The van der Waals surface area contributed by atoms with Gasteiger partial charge in [0, 0.05) is 35.4 Å². The molecule has 2 N–H and O–H groups in total. The Morgan fingerprint density at radius 3 is 2.37 bits per heavy atom. The van der Waals surface area contributed by atoms with Crippen LogP contribution in [-0.4, -0.2) is 5.91 Å². The molecule has 3 aromatic rings. The molecule has 0 radical (unpaired) electrons. The molecule has 0 saturated heterocycles. The third-order valence-corrected chi connectivity index (χ3v) is 4.18. The van der Waals surface area contributed by atoms with Crippen LogP contribution in [0.4, 0.5) is 11.4 Å². The van der Waals surface area contributed by atoms with Crippen LogP contribution >= 0.6 is 11.6 Å². The standard InChI is InChI=1S/C22H21ClN2O2/c1-16(26)25-21-10-8-20(9-11-21)24-14-18-13-19(23)7-12-22(18)27-15-17-5-3-2-4-6-17/h2-13,24H,14-15H2,1H3,(H,25,26). The maximum atomic E-state index is 11.1. The Bertz CT molecular complexity index is 896. The lowest BCUT2D eigenvalue weighted by Gasteiger charge is -2.14. The summed E-state index contributed by atoms with van der Waals surface area (Å²) in [6.45, 7) is 2.56. The predicted molar refractivity (Wildman–Crippen MR) is 110 cm³/mol. The fourth-order valence-corrected chi connectivity index (χ4v) is 2.83. The molecular weight excluding hydrogens is 360 g/mol. The van der Waals surface area contributed by atoms with Crippen molar-refractivity contribution in [3.63, 3.8) is 0 Å². The van der Waals surface area contributed by atoms with Gasteiger partial charge >= 0.3 is 0 Å². The first-order valence-corrected chi connectivity index (χ1v) is 9.04. The summed E-state index contributed by atoms with van der Waals surface area (Å²) in [6, 6.07) is 23.2. The van der Waals surface area contributed by atoms with Gasteiger partial charge in [0.1, 0.15) is 12.4 Å². The topological polar surface area (TPSA) is 50.4 Å². The monoisotopic (exact) mass is 380 g/mol. The molecule has 138 valence electrons. The number of hydrogen-bond donors (Lipinski definition) is 2. The lowest BCUT2D eigenvalue weighted by atomic mass is 10.2. The third kappa shape index (κ3) is 5.76. The van der Waals surface area contributed by atoms with E-state index in [1.807, 2.05) is 72.8 Å². The van der Waals surface area contributed by atoms with Crippen molar-refractivity contribution in [3.8, 4) is 5.75 Å². The zero-order valence-electron chi connectivity index (χ0n) is 15.0. The molecule has 27 heavy (non-hydrogen) atoms. The van der Waals surface area contributed by atoms with Gasteiger partial charge in [-0.1, -0.05) is 41.9 Å². The summed E-state index contributed by atoms with van der Waals surface area (Å²) in [5.74, 6) is 0.709. The average molecular weight is 381 g/mol. The molecule has 0 atom stereocenters. The van der Waals surface area contributed by atoms with E-state index in [-0.39, 0.29) is 5.91 Å². The fraction of sp³-hybridized carbons (Fsp3) is 0.136. The van der Waals surface area contributed by atoms with E-state index < -0.39 is 0 Å². The molecule has 0 saturated carbocycles. The lowest BCUT2D eigenvalue weighted by molar-refractivity contribution is -0.114. The first kappa shape index (κ1) is 18.8. The van der Waals surface area contributed by atoms with Crippen LogP contribution in [0.3, 0.4) is 0 Å². The Hall–Kier alpha value is -2.98. The number of ether oxygens (including phenoxy) is 1. The number of carbonyl (C=O) groups excluding carboxylic acids is 1. The number of halogens is 1. The normalized spacial score (nSPS) is 10.3. The molecule has 0 fully saturated rings. The molecule has 1 amide bonds. The van der Waals surface area contributed by atoms with Crippen molar-refractivity contribution in [1.82, 2.24) is 0 Å². The van der Waals surface area contributed by atoms with Crippen molar-refractivity contribution in [1.29, 1.82) is 0 Å². The molecule has 0 aliphatic carbocycles. The first-order chi connectivity index (χ1) is 13.1. The van der Waals surface area contributed by atoms with E-state index in [0.717, 1.165) is 28.3 Å². The van der Waals surface area contributed by atoms with E-state index in [2.05, 4.69) is 10.6 Å². The molecular formula is C22H21ClN2O2. The van der Waals surface area contributed by atoms with Crippen molar-refractivity contribution >= 4 is 28.9 Å². The highest BCUT2D eigenvalue weighted by Crippen LogP contribution is 2.25. The Labute approximate surface area is 164 Å². The van der Waals surface area contributed by atoms with E-state index in [9.17, 15) is 4.79 Å². The smallest absolute Gasteiger partial charge is 0.221 e. The molecule has 5 heteroatoms. The summed E-state index contributed by atoms with van der Waals surface area (Å²) in [5, 5.41) is 6.77. The summed E-state index contributed by atoms with van der Waals surface area (Å²) in [5.41, 5.74) is 3.80. The molecule has 0 aliphatic heterocycles. The molecule has 3 aromatic carbocycles. The van der Waals surface area contributed by atoms with E-state index in [1.165, 1.54) is 6.92 Å². The Kier molecular flexibility index (Phi) is 6.34. The molecule has 4 nitrogen and oxygen atoms in total. The zero-order chi connectivity index (χ0) is 19.1. The number of hydrogen-bond acceptors (Lipinski definition) is 3. The second-order valence-electron chi connectivity index (χ2n) is 6.14. The van der Waals surface area contributed by atoms with Crippen LogP contribution in [-0.2, 0) is 17.9 Å². The highest BCUT2D eigenvalue weighted by molar-refractivity contribution is 6.30. The number of rotatable bonds is 7. The fourth-order valence-electron chi connectivity index (χ4n) is 2.63. The largest absolute Gasteiger partial charge is 0.489 e. The van der Waals surface area contributed by atoms with Gasteiger partial charge in [0.25, 0.3) is 0 Å². The van der Waals surface area contributed by atoms with Crippen molar-refractivity contribution < 1.29 is 9.53 Å². The van der Waals surface area contributed by atoms with Gasteiger partial charge in [-0.25, -0.2) is 0 Å². The number of nitrogens with one attached hydrogen (secondary N) is 2. The summed E-state index contributed by atoms with van der Waals surface area (Å²) < 4.78 is 5.98. The SMILES string of the molecule is CC(=O)Nc1ccc(NCc2cc(Cl)ccc2OCc2ccccc2)cc1. The Morgan fingerprint density at radius 1 is 0.963 bits per heavy atom. The molecule has 0 heterocycles. The quantitative estimate of drug-likeness (QED) is 0.569. The van der Waals surface area contributed by atoms with Gasteiger partial charge in [0.15, 0.2) is 0 Å². The van der Waals surface area contributed by atoms with Crippen LogP contribution in [0.1, 0.15) is 18.1 Å². The van der Waals surface area contributed by atoms with Crippen LogP contribution in [0.25, 0.3) is 0 Å². The Balaban J connectivity index is 1.65. The first-order valence-electron chi connectivity index (χ1n) is 8.67. The minimum Gasteiger partial charge on any atom is -0.489 e. The van der Waals surface area contributed by atoms with Gasteiger partial charge in [-0.2, -0.15) is 0 Å². The van der Waals surface area contributed by atoms with Crippen LogP contribution in [0, 0.1) is 0 Å². The van der Waals surface area contributed by atoms with E-state index in [0.29, 0.717) is 18.2 Å². The van der Waals surface area contributed by atoms with Gasteiger partial charge in [-0.15, -0.1) is 0 Å². The maximum Gasteiger partial charge on any atom is 0.221 e. The van der Waals surface area contributed by atoms with Crippen LogP contribution in [0.5, 0.6) is 5.75 Å².